The SMILES string of the molecule is Cc1cc(C)nc(-n2nc(C)c(CC(=O)NC(C)Cn3ccnc3)c2C)n1. The summed E-state index contributed by atoms with van der Waals surface area (Å²) >= 11 is 0. The summed E-state index contributed by atoms with van der Waals surface area (Å²) in [5, 5.41) is 7.59. The number of imidazole rings is 1. The van der Waals surface area contributed by atoms with Crippen LogP contribution in [0.15, 0.2) is 24.8 Å². The van der Waals surface area contributed by atoms with E-state index < -0.39 is 0 Å². The molecule has 8 heteroatoms. The fourth-order valence-corrected chi connectivity index (χ4v) is 3.17. The largest absolute Gasteiger partial charge is 0.352 e. The Kier molecular flexibility index (Phi) is 5.34. The number of aromatic nitrogens is 6. The normalized spacial score (nSPS) is 12.2. The molecule has 142 valence electrons. The Hall–Kier alpha value is -3.03. The lowest BCUT2D eigenvalue weighted by Gasteiger charge is -2.14. The molecule has 0 saturated heterocycles. The van der Waals surface area contributed by atoms with E-state index in [-0.39, 0.29) is 18.4 Å². The second-order valence-corrected chi connectivity index (χ2v) is 6.92. The van der Waals surface area contributed by atoms with Gasteiger partial charge in [-0.1, -0.05) is 0 Å². The minimum atomic E-state index is -0.0327. The third-order valence-corrected chi connectivity index (χ3v) is 4.39. The van der Waals surface area contributed by atoms with Crippen LogP contribution in [-0.2, 0) is 17.8 Å². The average Bonchev–Trinajstić information content (AvgIpc) is 3.17. The van der Waals surface area contributed by atoms with Crippen LogP contribution < -0.4 is 5.32 Å². The van der Waals surface area contributed by atoms with E-state index in [9.17, 15) is 4.79 Å². The molecule has 0 bridgehead atoms. The van der Waals surface area contributed by atoms with Crippen LogP contribution in [0, 0.1) is 27.7 Å². The lowest BCUT2D eigenvalue weighted by Crippen LogP contribution is -2.36. The number of rotatable bonds is 6. The van der Waals surface area contributed by atoms with Crippen molar-refractivity contribution in [3.05, 3.63) is 53.1 Å². The minimum absolute atomic E-state index is 0.00473. The van der Waals surface area contributed by atoms with E-state index in [2.05, 4.69) is 25.4 Å². The predicted molar refractivity (Wildman–Crippen MR) is 102 cm³/mol. The maximum absolute atomic E-state index is 12.5. The highest BCUT2D eigenvalue weighted by Crippen LogP contribution is 2.17. The van der Waals surface area contributed by atoms with Gasteiger partial charge in [-0.3, -0.25) is 4.79 Å². The fourth-order valence-electron chi connectivity index (χ4n) is 3.17. The summed E-state index contributed by atoms with van der Waals surface area (Å²) in [6.07, 6.45) is 5.62. The van der Waals surface area contributed by atoms with Crippen molar-refractivity contribution in [2.24, 2.45) is 0 Å². The molecule has 3 rings (SSSR count). The number of nitrogens with zero attached hydrogens (tertiary/aromatic N) is 6. The molecule has 3 aromatic rings. The Morgan fingerprint density at radius 1 is 1.19 bits per heavy atom. The zero-order valence-corrected chi connectivity index (χ0v) is 16.4. The first-order valence-corrected chi connectivity index (χ1v) is 8.96. The molecule has 0 aliphatic carbocycles. The van der Waals surface area contributed by atoms with Gasteiger partial charge in [-0.2, -0.15) is 5.10 Å². The summed E-state index contributed by atoms with van der Waals surface area (Å²) in [5.74, 6) is 0.503. The lowest BCUT2D eigenvalue weighted by atomic mass is 10.1. The van der Waals surface area contributed by atoms with Gasteiger partial charge in [-0.05, 0) is 40.7 Å². The maximum Gasteiger partial charge on any atom is 0.251 e. The minimum Gasteiger partial charge on any atom is -0.352 e. The first-order valence-electron chi connectivity index (χ1n) is 8.96. The third kappa shape index (κ3) is 4.39. The van der Waals surface area contributed by atoms with Crippen LogP contribution in [0.4, 0.5) is 0 Å². The average molecular weight is 367 g/mol. The summed E-state index contributed by atoms with van der Waals surface area (Å²) in [6, 6.07) is 1.93. The summed E-state index contributed by atoms with van der Waals surface area (Å²) in [6.45, 7) is 10.4. The van der Waals surface area contributed by atoms with Gasteiger partial charge in [0.15, 0.2) is 0 Å². The molecule has 0 radical (unpaired) electrons. The van der Waals surface area contributed by atoms with Gasteiger partial charge < -0.3 is 9.88 Å². The Morgan fingerprint density at radius 2 is 1.89 bits per heavy atom. The van der Waals surface area contributed by atoms with Crippen molar-refractivity contribution in [2.75, 3.05) is 0 Å². The molecule has 3 heterocycles. The summed E-state index contributed by atoms with van der Waals surface area (Å²) in [4.78, 5) is 25.5. The van der Waals surface area contributed by atoms with Gasteiger partial charge in [0, 0.05) is 47.6 Å². The van der Waals surface area contributed by atoms with Gasteiger partial charge in [-0.25, -0.2) is 19.6 Å². The summed E-state index contributed by atoms with van der Waals surface area (Å²) in [7, 11) is 0. The van der Waals surface area contributed by atoms with Crippen molar-refractivity contribution >= 4 is 5.91 Å². The third-order valence-electron chi connectivity index (χ3n) is 4.39. The highest BCUT2D eigenvalue weighted by molar-refractivity contribution is 5.79. The monoisotopic (exact) mass is 367 g/mol. The molecular formula is C19H25N7O. The molecular weight excluding hydrogens is 342 g/mol. The molecule has 0 spiro atoms. The smallest absolute Gasteiger partial charge is 0.251 e. The van der Waals surface area contributed by atoms with Gasteiger partial charge in [-0.15, -0.1) is 0 Å². The Labute approximate surface area is 158 Å². The molecule has 0 aromatic carbocycles. The van der Waals surface area contributed by atoms with Gasteiger partial charge in [0.25, 0.3) is 5.95 Å². The molecule has 0 fully saturated rings. The molecule has 0 aliphatic heterocycles. The Bertz CT molecular complexity index is 923. The maximum atomic E-state index is 12.5. The molecule has 1 N–H and O–H groups in total. The van der Waals surface area contributed by atoms with Crippen LogP contribution in [0.1, 0.15) is 35.3 Å². The predicted octanol–water partition coefficient (Wildman–Crippen LogP) is 1.84. The van der Waals surface area contributed by atoms with E-state index in [0.29, 0.717) is 12.5 Å². The van der Waals surface area contributed by atoms with Gasteiger partial charge in [0.05, 0.1) is 18.4 Å². The molecule has 1 amide bonds. The fraction of sp³-hybridized carbons (Fsp3) is 0.421. The first kappa shape index (κ1) is 18.8. The lowest BCUT2D eigenvalue weighted by molar-refractivity contribution is -0.121. The van der Waals surface area contributed by atoms with Crippen molar-refractivity contribution in [2.45, 2.75) is 53.6 Å². The van der Waals surface area contributed by atoms with E-state index in [1.165, 1.54) is 0 Å². The number of carbonyl (C=O) groups excluding carboxylic acids is 1. The zero-order chi connectivity index (χ0) is 19.6. The quantitative estimate of drug-likeness (QED) is 0.718. The molecule has 1 atom stereocenters. The Morgan fingerprint density at radius 3 is 2.52 bits per heavy atom. The van der Waals surface area contributed by atoms with E-state index >= 15 is 0 Å². The van der Waals surface area contributed by atoms with Crippen molar-refractivity contribution < 1.29 is 4.79 Å². The van der Waals surface area contributed by atoms with Crippen LogP contribution in [0.25, 0.3) is 5.95 Å². The van der Waals surface area contributed by atoms with Crippen LogP contribution in [-0.4, -0.2) is 41.2 Å². The van der Waals surface area contributed by atoms with Gasteiger partial charge in [0.1, 0.15) is 0 Å². The second-order valence-electron chi connectivity index (χ2n) is 6.92. The topological polar surface area (TPSA) is 90.5 Å². The highest BCUT2D eigenvalue weighted by Gasteiger charge is 2.18. The molecule has 0 saturated carbocycles. The van der Waals surface area contributed by atoms with Crippen LogP contribution in [0.3, 0.4) is 0 Å². The summed E-state index contributed by atoms with van der Waals surface area (Å²) < 4.78 is 3.66. The number of hydrogen-bond donors (Lipinski definition) is 1. The van der Waals surface area contributed by atoms with E-state index in [0.717, 1.165) is 28.3 Å². The summed E-state index contributed by atoms with van der Waals surface area (Å²) in [5.41, 5.74) is 4.38. The van der Waals surface area contributed by atoms with Crippen LogP contribution >= 0.6 is 0 Å². The van der Waals surface area contributed by atoms with Crippen LogP contribution in [0.2, 0.25) is 0 Å². The van der Waals surface area contributed by atoms with Gasteiger partial charge in [0.2, 0.25) is 5.91 Å². The Balaban J connectivity index is 1.73. The molecule has 1 unspecified atom stereocenters. The van der Waals surface area contributed by atoms with Gasteiger partial charge >= 0.3 is 0 Å². The number of aryl methyl sites for hydroxylation is 3. The number of amides is 1. The van der Waals surface area contributed by atoms with Crippen LogP contribution in [0.5, 0.6) is 0 Å². The number of hydrogen-bond acceptors (Lipinski definition) is 5. The van der Waals surface area contributed by atoms with E-state index in [4.69, 9.17) is 0 Å². The number of carbonyl (C=O) groups is 1. The number of nitrogens with one attached hydrogen (secondary N) is 1. The molecule has 3 aromatic heterocycles. The molecule has 27 heavy (non-hydrogen) atoms. The van der Waals surface area contributed by atoms with E-state index in [1.807, 2.05) is 51.4 Å². The second kappa shape index (κ2) is 7.69. The highest BCUT2D eigenvalue weighted by atomic mass is 16.1. The van der Waals surface area contributed by atoms with Crippen molar-refractivity contribution in [3.63, 3.8) is 0 Å². The standard InChI is InChI=1S/C19H25N7O/c1-12-8-13(2)23-19(22-12)26-16(5)17(15(4)24-26)9-18(27)21-14(3)10-25-7-6-20-11-25/h6-8,11,14H,9-10H2,1-5H3,(H,21,27). The van der Waals surface area contributed by atoms with Crippen molar-refractivity contribution in [3.8, 4) is 5.95 Å². The molecule has 0 aliphatic rings. The van der Waals surface area contributed by atoms with Crippen molar-refractivity contribution in [1.29, 1.82) is 0 Å². The van der Waals surface area contributed by atoms with Crippen molar-refractivity contribution in [1.82, 2.24) is 34.6 Å². The molecule has 8 nitrogen and oxygen atoms in total. The van der Waals surface area contributed by atoms with E-state index in [1.54, 1.807) is 17.2 Å². The first-order chi connectivity index (χ1) is 12.8. The zero-order valence-electron chi connectivity index (χ0n) is 16.4.